The summed E-state index contributed by atoms with van der Waals surface area (Å²) >= 11 is 1.38. The fourth-order valence-electron chi connectivity index (χ4n) is 1.81. The molecule has 0 amide bonds. The van der Waals surface area contributed by atoms with Gasteiger partial charge in [0.15, 0.2) is 0 Å². The molecular weight excluding hydrogens is 238 g/mol. The van der Waals surface area contributed by atoms with Crippen molar-refractivity contribution < 1.29 is 9.90 Å². The first-order valence-electron chi connectivity index (χ1n) is 5.50. The van der Waals surface area contributed by atoms with E-state index in [0.29, 0.717) is 5.52 Å². The largest absolute Gasteiger partial charge is 0.478 e. The molecule has 0 aliphatic carbocycles. The van der Waals surface area contributed by atoms with Gasteiger partial charge in [-0.3, -0.25) is 4.79 Å². The number of nitrogens with one attached hydrogen (secondary N) is 1. The quantitative estimate of drug-likeness (QED) is 0.877. The van der Waals surface area contributed by atoms with Crippen LogP contribution in [-0.2, 0) is 6.42 Å². The summed E-state index contributed by atoms with van der Waals surface area (Å²) in [4.78, 5) is 25.1. The number of hydrogen-bond acceptors (Lipinski definition) is 3. The number of rotatable bonds is 4. The Balaban J connectivity index is 2.61. The summed E-state index contributed by atoms with van der Waals surface area (Å²) in [6.45, 7) is 2.08. The molecule has 0 saturated heterocycles. The molecule has 0 spiro atoms. The second-order valence-corrected chi connectivity index (χ2v) is 4.80. The Morgan fingerprint density at radius 2 is 2.29 bits per heavy atom. The number of H-pyrrole nitrogens is 1. The molecule has 0 aliphatic rings. The van der Waals surface area contributed by atoms with Gasteiger partial charge < -0.3 is 10.1 Å². The zero-order valence-electron chi connectivity index (χ0n) is 9.45. The average molecular weight is 251 g/mol. The van der Waals surface area contributed by atoms with Crippen LogP contribution < -0.4 is 5.56 Å². The summed E-state index contributed by atoms with van der Waals surface area (Å²) in [7, 11) is 0. The molecule has 0 fully saturated rings. The Labute approximate surface area is 102 Å². The highest BCUT2D eigenvalue weighted by Crippen LogP contribution is 2.27. The van der Waals surface area contributed by atoms with Crippen LogP contribution in [-0.4, -0.2) is 16.1 Å². The fourth-order valence-corrected chi connectivity index (χ4v) is 2.86. The third kappa shape index (κ3) is 2.24. The van der Waals surface area contributed by atoms with Crippen LogP contribution in [0, 0.1) is 0 Å². The number of pyridine rings is 1. The first kappa shape index (κ1) is 11.9. The summed E-state index contributed by atoms with van der Waals surface area (Å²) in [6.07, 6.45) is 2.86. The van der Waals surface area contributed by atoms with Crippen molar-refractivity contribution in [1.82, 2.24) is 4.98 Å². The lowest BCUT2D eigenvalue weighted by Gasteiger charge is -2.01. The number of aromatic carboxylic acids is 1. The Morgan fingerprint density at radius 3 is 2.94 bits per heavy atom. The minimum atomic E-state index is -1.00. The molecule has 0 atom stereocenters. The van der Waals surface area contributed by atoms with Crippen molar-refractivity contribution in [3.63, 3.8) is 0 Å². The molecule has 90 valence electrons. The Kier molecular flexibility index (Phi) is 3.28. The van der Waals surface area contributed by atoms with Gasteiger partial charge in [0.25, 0.3) is 0 Å². The molecule has 0 bridgehead atoms. The molecule has 2 aromatic heterocycles. The lowest BCUT2D eigenvalue weighted by atomic mass is 10.1. The van der Waals surface area contributed by atoms with Crippen molar-refractivity contribution >= 4 is 27.5 Å². The Bertz CT molecular complexity index is 612. The van der Waals surface area contributed by atoms with Crippen LogP contribution in [0.5, 0.6) is 0 Å². The van der Waals surface area contributed by atoms with Gasteiger partial charge in [0.05, 0.1) is 15.8 Å². The topological polar surface area (TPSA) is 70.2 Å². The van der Waals surface area contributed by atoms with Crippen LogP contribution in [0.2, 0.25) is 0 Å². The zero-order valence-corrected chi connectivity index (χ0v) is 10.3. The third-order valence-electron chi connectivity index (χ3n) is 2.67. The molecule has 5 heteroatoms. The molecule has 0 saturated carbocycles. The average Bonchev–Trinajstić information content (AvgIpc) is 2.69. The summed E-state index contributed by atoms with van der Waals surface area (Å²) < 4.78 is 0.885. The molecule has 0 unspecified atom stereocenters. The lowest BCUT2D eigenvalue weighted by molar-refractivity contribution is 0.0699. The van der Waals surface area contributed by atoms with Crippen LogP contribution in [0.25, 0.3) is 10.2 Å². The smallest absolute Gasteiger partial charge is 0.338 e. The van der Waals surface area contributed by atoms with Crippen LogP contribution in [0.3, 0.4) is 0 Å². The summed E-state index contributed by atoms with van der Waals surface area (Å²) in [5, 5.41) is 10.6. The second-order valence-electron chi connectivity index (χ2n) is 3.92. The van der Waals surface area contributed by atoms with Crippen molar-refractivity contribution in [2.45, 2.75) is 26.2 Å². The van der Waals surface area contributed by atoms with E-state index in [-0.39, 0.29) is 11.1 Å². The van der Waals surface area contributed by atoms with Gasteiger partial charge in [0, 0.05) is 11.4 Å². The van der Waals surface area contributed by atoms with Gasteiger partial charge in [0.2, 0.25) is 5.56 Å². The molecular formula is C12H13NO3S. The number of carbonyl (C=O) groups is 1. The molecule has 2 rings (SSSR count). The SMILES string of the molecule is CCCCc1cc(=O)[nH]c2c(C(=O)O)csc12. The van der Waals surface area contributed by atoms with Crippen LogP contribution in [0.15, 0.2) is 16.2 Å². The number of hydrogen-bond donors (Lipinski definition) is 2. The summed E-state index contributed by atoms with van der Waals surface area (Å²) in [5.41, 5.74) is 1.36. The molecule has 0 aliphatic heterocycles. The van der Waals surface area contributed by atoms with Crippen LogP contribution in [0.1, 0.15) is 35.7 Å². The molecule has 0 radical (unpaired) electrons. The number of aromatic nitrogens is 1. The predicted octanol–water partition coefficient (Wildman–Crippen LogP) is 2.63. The monoisotopic (exact) mass is 251 g/mol. The van der Waals surface area contributed by atoms with E-state index in [4.69, 9.17) is 5.11 Å². The maximum atomic E-state index is 11.5. The Morgan fingerprint density at radius 1 is 1.53 bits per heavy atom. The number of aromatic amines is 1. The van der Waals surface area contributed by atoms with Gasteiger partial charge in [-0.15, -0.1) is 11.3 Å². The van der Waals surface area contributed by atoms with E-state index >= 15 is 0 Å². The minimum absolute atomic E-state index is 0.181. The summed E-state index contributed by atoms with van der Waals surface area (Å²) in [5.74, 6) is -1.00. The first-order chi connectivity index (χ1) is 8.13. The van der Waals surface area contributed by atoms with Crippen molar-refractivity contribution in [3.05, 3.63) is 32.9 Å². The lowest BCUT2D eigenvalue weighted by Crippen LogP contribution is -2.07. The molecule has 2 N–H and O–H groups in total. The minimum Gasteiger partial charge on any atom is -0.478 e. The zero-order chi connectivity index (χ0) is 12.4. The van der Waals surface area contributed by atoms with Crippen molar-refractivity contribution in [2.75, 3.05) is 0 Å². The van der Waals surface area contributed by atoms with Crippen molar-refractivity contribution in [3.8, 4) is 0 Å². The van der Waals surface area contributed by atoms with E-state index < -0.39 is 5.97 Å². The van der Waals surface area contributed by atoms with Gasteiger partial charge >= 0.3 is 5.97 Å². The van der Waals surface area contributed by atoms with Crippen molar-refractivity contribution in [1.29, 1.82) is 0 Å². The standard InChI is InChI=1S/C12H13NO3S/c1-2-3-4-7-5-9(14)13-10-8(12(15)16)6-17-11(7)10/h5-6H,2-4H2,1H3,(H,13,14)(H,15,16). The number of unbranched alkanes of at least 4 members (excludes halogenated alkanes) is 1. The van der Waals surface area contributed by atoms with Gasteiger partial charge in [-0.25, -0.2) is 4.79 Å². The van der Waals surface area contributed by atoms with E-state index in [1.807, 2.05) is 0 Å². The highest BCUT2D eigenvalue weighted by Gasteiger charge is 2.14. The molecule has 2 aromatic rings. The fraction of sp³-hybridized carbons (Fsp3) is 0.333. The van der Waals surface area contributed by atoms with Gasteiger partial charge in [-0.05, 0) is 18.4 Å². The van der Waals surface area contributed by atoms with E-state index in [9.17, 15) is 9.59 Å². The summed E-state index contributed by atoms with van der Waals surface area (Å²) in [6, 6.07) is 1.57. The van der Waals surface area contributed by atoms with Crippen LogP contribution >= 0.6 is 11.3 Å². The molecule has 4 nitrogen and oxygen atoms in total. The number of carboxylic acids is 1. The number of aryl methyl sites for hydroxylation is 1. The number of carboxylic acid groups (broad SMARTS) is 1. The van der Waals surface area contributed by atoms with Gasteiger partial charge in [-0.1, -0.05) is 13.3 Å². The highest BCUT2D eigenvalue weighted by molar-refractivity contribution is 7.17. The number of thiophene rings is 1. The third-order valence-corrected chi connectivity index (χ3v) is 3.72. The van der Waals surface area contributed by atoms with Gasteiger partial charge in [-0.2, -0.15) is 0 Å². The second kappa shape index (κ2) is 4.71. The first-order valence-corrected chi connectivity index (χ1v) is 6.38. The maximum Gasteiger partial charge on any atom is 0.338 e. The normalized spacial score (nSPS) is 10.9. The Hall–Kier alpha value is -1.62. The van der Waals surface area contributed by atoms with E-state index in [2.05, 4.69) is 11.9 Å². The highest BCUT2D eigenvalue weighted by atomic mass is 32.1. The van der Waals surface area contributed by atoms with E-state index in [0.717, 1.165) is 29.5 Å². The van der Waals surface area contributed by atoms with E-state index in [1.54, 1.807) is 11.4 Å². The van der Waals surface area contributed by atoms with Crippen LogP contribution in [0.4, 0.5) is 0 Å². The van der Waals surface area contributed by atoms with Crippen molar-refractivity contribution in [2.24, 2.45) is 0 Å². The molecule has 0 aromatic carbocycles. The van der Waals surface area contributed by atoms with Gasteiger partial charge in [0.1, 0.15) is 0 Å². The predicted molar refractivity (Wildman–Crippen MR) is 68.0 cm³/mol. The van der Waals surface area contributed by atoms with E-state index in [1.165, 1.54) is 11.3 Å². The molecule has 2 heterocycles. The molecule has 17 heavy (non-hydrogen) atoms. The number of fused-ring (bicyclic) bond motifs is 1. The maximum absolute atomic E-state index is 11.5.